The summed E-state index contributed by atoms with van der Waals surface area (Å²) in [5.74, 6) is 0. The lowest BCUT2D eigenvalue weighted by molar-refractivity contribution is 0.869. The van der Waals surface area contributed by atoms with Crippen molar-refractivity contribution in [3.05, 3.63) is 66.4 Å². The number of benzene rings is 2. The first-order chi connectivity index (χ1) is 9.81. The summed E-state index contributed by atoms with van der Waals surface area (Å²) >= 11 is 0. The van der Waals surface area contributed by atoms with E-state index in [0.717, 1.165) is 28.3 Å². The molecule has 1 heterocycles. The number of nitrogens with zero attached hydrogens (tertiary/aromatic N) is 3. The maximum atomic E-state index is 4.61. The molecule has 0 bridgehead atoms. The van der Waals surface area contributed by atoms with E-state index >= 15 is 0 Å². The Labute approximate surface area is 118 Å². The second-order valence-corrected chi connectivity index (χ2v) is 4.55. The molecule has 1 aromatic heterocycles. The van der Waals surface area contributed by atoms with Crippen LogP contribution in [0.15, 0.2) is 65.7 Å². The molecule has 0 amide bonds. The van der Waals surface area contributed by atoms with Crippen LogP contribution in [0.25, 0.3) is 16.9 Å². The molecule has 0 N–H and O–H groups in total. The quantitative estimate of drug-likeness (QED) is 0.650. The van der Waals surface area contributed by atoms with Gasteiger partial charge >= 0.3 is 0 Å². The second kappa shape index (κ2) is 5.13. The van der Waals surface area contributed by atoms with Gasteiger partial charge in [-0.05, 0) is 25.8 Å². The lowest BCUT2D eigenvalue weighted by Gasteiger charge is -2.08. The van der Waals surface area contributed by atoms with Gasteiger partial charge in [0.25, 0.3) is 0 Å². The molecule has 2 aromatic carbocycles. The highest BCUT2D eigenvalue weighted by atomic mass is 15.3. The van der Waals surface area contributed by atoms with Crippen LogP contribution in [0.4, 0.5) is 5.69 Å². The van der Waals surface area contributed by atoms with Crippen LogP contribution in [0.1, 0.15) is 5.69 Å². The highest BCUT2D eigenvalue weighted by molar-refractivity contribution is 5.77. The van der Waals surface area contributed by atoms with Crippen molar-refractivity contribution in [1.29, 1.82) is 0 Å². The minimum absolute atomic E-state index is 0.833. The Morgan fingerprint density at radius 3 is 2.15 bits per heavy atom. The number of aromatic nitrogens is 2. The Bertz CT molecular complexity index is 728. The van der Waals surface area contributed by atoms with Crippen molar-refractivity contribution < 1.29 is 0 Å². The van der Waals surface area contributed by atoms with E-state index in [2.05, 4.69) is 28.9 Å². The summed E-state index contributed by atoms with van der Waals surface area (Å²) < 4.78 is 1.93. The summed E-state index contributed by atoms with van der Waals surface area (Å²) in [6, 6.07) is 20.2. The first kappa shape index (κ1) is 12.4. The van der Waals surface area contributed by atoms with Crippen molar-refractivity contribution in [1.82, 2.24) is 9.78 Å². The zero-order valence-corrected chi connectivity index (χ0v) is 11.3. The van der Waals surface area contributed by atoms with E-state index in [1.807, 2.05) is 60.1 Å². The number of hydrogen-bond donors (Lipinski definition) is 0. The fraction of sp³-hybridized carbons (Fsp3) is 0.0588. The van der Waals surface area contributed by atoms with Crippen molar-refractivity contribution in [2.24, 2.45) is 4.99 Å². The van der Waals surface area contributed by atoms with E-state index in [1.54, 1.807) is 0 Å². The maximum absolute atomic E-state index is 4.61. The van der Waals surface area contributed by atoms with Gasteiger partial charge in [0, 0.05) is 5.56 Å². The van der Waals surface area contributed by atoms with E-state index in [9.17, 15) is 0 Å². The second-order valence-electron chi connectivity index (χ2n) is 4.55. The summed E-state index contributed by atoms with van der Waals surface area (Å²) in [5, 5.41) is 4.61. The number of aryl methyl sites for hydroxylation is 1. The molecule has 0 unspecified atom stereocenters. The summed E-state index contributed by atoms with van der Waals surface area (Å²) in [5.41, 5.74) is 4.79. The van der Waals surface area contributed by atoms with Gasteiger partial charge in [-0.15, -0.1) is 0 Å². The van der Waals surface area contributed by atoms with E-state index in [4.69, 9.17) is 0 Å². The third kappa shape index (κ3) is 2.03. The van der Waals surface area contributed by atoms with Crippen LogP contribution in [-0.2, 0) is 0 Å². The third-order valence-corrected chi connectivity index (χ3v) is 3.23. The Morgan fingerprint density at radius 2 is 1.55 bits per heavy atom. The Kier molecular flexibility index (Phi) is 3.17. The van der Waals surface area contributed by atoms with Gasteiger partial charge in [0.2, 0.25) is 0 Å². The molecule has 20 heavy (non-hydrogen) atoms. The van der Waals surface area contributed by atoms with E-state index < -0.39 is 0 Å². The van der Waals surface area contributed by atoms with Gasteiger partial charge in [-0.2, -0.15) is 5.10 Å². The van der Waals surface area contributed by atoms with Gasteiger partial charge in [0.15, 0.2) is 0 Å². The van der Waals surface area contributed by atoms with Crippen molar-refractivity contribution in [2.45, 2.75) is 6.92 Å². The number of aliphatic imine (C=N–C) groups is 1. The summed E-state index contributed by atoms with van der Waals surface area (Å²) in [4.78, 5) is 4.16. The van der Waals surface area contributed by atoms with Gasteiger partial charge in [-0.25, -0.2) is 4.68 Å². The predicted molar refractivity (Wildman–Crippen MR) is 82.9 cm³/mol. The molecule has 0 atom stereocenters. The fourth-order valence-electron chi connectivity index (χ4n) is 2.32. The molecule has 98 valence electrons. The highest BCUT2D eigenvalue weighted by Gasteiger charge is 2.16. The minimum Gasteiger partial charge on any atom is -0.260 e. The van der Waals surface area contributed by atoms with Gasteiger partial charge in [-0.1, -0.05) is 48.5 Å². The van der Waals surface area contributed by atoms with Crippen LogP contribution < -0.4 is 0 Å². The Hall–Kier alpha value is -2.68. The van der Waals surface area contributed by atoms with Crippen LogP contribution in [-0.4, -0.2) is 16.5 Å². The SMILES string of the molecule is C=Nc1c(C)nn(-c2ccccc2)c1-c1ccccc1. The molecule has 0 aliphatic heterocycles. The van der Waals surface area contributed by atoms with Crippen LogP contribution in [0.3, 0.4) is 0 Å². The largest absolute Gasteiger partial charge is 0.260 e. The summed E-state index contributed by atoms with van der Waals surface area (Å²) in [7, 11) is 0. The molecule has 3 nitrogen and oxygen atoms in total. The van der Waals surface area contributed by atoms with Crippen molar-refractivity contribution in [3.63, 3.8) is 0 Å². The van der Waals surface area contributed by atoms with E-state index in [-0.39, 0.29) is 0 Å². The van der Waals surface area contributed by atoms with E-state index in [0.29, 0.717) is 0 Å². The number of para-hydroxylation sites is 1. The Morgan fingerprint density at radius 1 is 0.950 bits per heavy atom. The van der Waals surface area contributed by atoms with Gasteiger partial charge in [0.05, 0.1) is 11.4 Å². The average molecular weight is 261 g/mol. The predicted octanol–water partition coefficient (Wildman–Crippen LogP) is 4.18. The van der Waals surface area contributed by atoms with Crippen molar-refractivity contribution in [3.8, 4) is 16.9 Å². The average Bonchev–Trinajstić information content (AvgIpc) is 2.85. The van der Waals surface area contributed by atoms with E-state index in [1.165, 1.54) is 0 Å². The number of hydrogen-bond acceptors (Lipinski definition) is 2. The monoisotopic (exact) mass is 261 g/mol. The summed E-state index contributed by atoms with van der Waals surface area (Å²) in [6.07, 6.45) is 0. The third-order valence-electron chi connectivity index (χ3n) is 3.23. The number of rotatable bonds is 3. The van der Waals surface area contributed by atoms with Crippen LogP contribution in [0, 0.1) is 6.92 Å². The standard InChI is InChI=1S/C17H15N3/c1-13-16(18-2)17(14-9-5-3-6-10-14)20(19-13)15-11-7-4-8-12-15/h3-12H,2H2,1H3. The van der Waals surface area contributed by atoms with Crippen molar-refractivity contribution in [2.75, 3.05) is 0 Å². The zero-order valence-electron chi connectivity index (χ0n) is 11.3. The summed E-state index contributed by atoms with van der Waals surface area (Å²) in [6.45, 7) is 5.64. The highest BCUT2D eigenvalue weighted by Crippen LogP contribution is 2.34. The molecule has 0 radical (unpaired) electrons. The topological polar surface area (TPSA) is 30.2 Å². The molecule has 3 rings (SSSR count). The fourth-order valence-corrected chi connectivity index (χ4v) is 2.32. The van der Waals surface area contributed by atoms with Crippen molar-refractivity contribution >= 4 is 12.4 Å². The molecular formula is C17H15N3. The Balaban J connectivity index is 2.29. The molecule has 0 aliphatic carbocycles. The lowest BCUT2D eigenvalue weighted by Crippen LogP contribution is -1.98. The molecule has 0 saturated carbocycles. The van der Waals surface area contributed by atoms with Crippen LogP contribution >= 0.6 is 0 Å². The lowest BCUT2D eigenvalue weighted by atomic mass is 10.1. The van der Waals surface area contributed by atoms with Gasteiger partial charge in [0.1, 0.15) is 11.4 Å². The zero-order chi connectivity index (χ0) is 13.9. The molecule has 0 spiro atoms. The van der Waals surface area contributed by atoms with Gasteiger partial charge < -0.3 is 0 Å². The molecule has 0 fully saturated rings. The van der Waals surface area contributed by atoms with Gasteiger partial charge in [-0.3, -0.25) is 4.99 Å². The van der Waals surface area contributed by atoms with Crippen LogP contribution in [0.5, 0.6) is 0 Å². The molecule has 0 aliphatic rings. The first-order valence-corrected chi connectivity index (χ1v) is 6.48. The minimum atomic E-state index is 0.833. The van der Waals surface area contributed by atoms with Crippen LogP contribution in [0.2, 0.25) is 0 Å². The normalized spacial score (nSPS) is 10.4. The maximum Gasteiger partial charge on any atom is 0.112 e. The smallest absolute Gasteiger partial charge is 0.112 e. The molecule has 3 heteroatoms. The first-order valence-electron chi connectivity index (χ1n) is 6.48. The molecule has 3 aromatic rings. The molecule has 0 saturated heterocycles. The molecular weight excluding hydrogens is 246 g/mol.